The molecule has 1 atom stereocenters. The molecule has 0 saturated heterocycles. The Labute approximate surface area is 136 Å². The molecule has 4 nitrogen and oxygen atoms in total. The second-order valence-corrected chi connectivity index (χ2v) is 7.42. The van der Waals surface area contributed by atoms with Gasteiger partial charge in [-0.25, -0.2) is 12.7 Å². The highest BCUT2D eigenvalue weighted by atomic mass is 32.2. The smallest absolute Gasteiger partial charge is 0.268 e. The summed E-state index contributed by atoms with van der Waals surface area (Å²) in [7, 11) is -3.64. The average molecular weight is 327 g/mol. The lowest BCUT2D eigenvalue weighted by Gasteiger charge is -2.33. The third-order valence-electron chi connectivity index (χ3n) is 3.85. The van der Waals surface area contributed by atoms with E-state index in [0.29, 0.717) is 12.0 Å². The van der Waals surface area contributed by atoms with Crippen molar-refractivity contribution in [2.45, 2.75) is 12.5 Å². The third kappa shape index (κ3) is 3.19. The van der Waals surface area contributed by atoms with E-state index in [1.807, 2.05) is 48.5 Å². The molecule has 23 heavy (non-hydrogen) atoms. The van der Waals surface area contributed by atoms with Crippen LogP contribution in [-0.4, -0.2) is 30.9 Å². The standard InChI is InChI=1S/C18H17NO3S/c1-23(21,22)19-16(12-11-14-7-3-2-4-8-14)13-15-9-5-6-10-17(15)18(19)20/h2-12,16H,13H2,1H3/b12-11+. The first kappa shape index (κ1) is 15.5. The van der Waals surface area contributed by atoms with Crippen LogP contribution in [0.2, 0.25) is 0 Å². The van der Waals surface area contributed by atoms with Gasteiger partial charge in [0.25, 0.3) is 5.91 Å². The molecule has 0 fully saturated rings. The van der Waals surface area contributed by atoms with Crippen LogP contribution in [0, 0.1) is 0 Å². The Morgan fingerprint density at radius 2 is 1.70 bits per heavy atom. The Hall–Kier alpha value is -2.40. The maximum Gasteiger partial charge on any atom is 0.268 e. The predicted molar refractivity (Wildman–Crippen MR) is 90.4 cm³/mol. The van der Waals surface area contributed by atoms with Crippen LogP contribution in [0.5, 0.6) is 0 Å². The van der Waals surface area contributed by atoms with Crippen LogP contribution in [0.15, 0.2) is 60.7 Å². The van der Waals surface area contributed by atoms with Gasteiger partial charge >= 0.3 is 0 Å². The molecule has 2 aromatic rings. The van der Waals surface area contributed by atoms with E-state index in [9.17, 15) is 13.2 Å². The van der Waals surface area contributed by atoms with Crippen molar-refractivity contribution >= 4 is 22.0 Å². The van der Waals surface area contributed by atoms with Gasteiger partial charge in [-0.2, -0.15) is 0 Å². The van der Waals surface area contributed by atoms with Crippen molar-refractivity contribution in [3.05, 3.63) is 77.4 Å². The molecule has 5 heteroatoms. The lowest BCUT2D eigenvalue weighted by Crippen LogP contribution is -2.47. The highest BCUT2D eigenvalue weighted by Gasteiger charge is 2.36. The van der Waals surface area contributed by atoms with E-state index < -0.39 is 22.0 Å². The molecule has 1 aliphatic rings. The summed E-state index contributed by atoms with van der Waals surface area (Å²) in [5.41, 5.74) is 2.30. The van der Waals surface area contributed by atoms with E-state index in [0.717, 1.165) is 21.7 Å². The zero-order valence-corrected chi connectivity index (χ0v) is 13.5. The van der Waals surface area contributed by atoms with Crippen molar-refractivity contribution in [3.63, 3.8) is 0 Å². The maximum absolute atomic E-state index is 12.6. The zero-order valence-electron chi connectivity index (χ0n) is 12.7. The van der Waals surface area contributed by atoms with Gasteiger partial charge in [0.2, 0.25) is 10.0 Å². The van der Waals surface area contributed by atoms with Crippen LogP contribution in [0.1, 0.15) is 21.5 Å². The van der Waals surface area contributed by atoms with Crippen molar-refractivity contribution in [2.75, 3.05) is 6.26 Å². The Morgan fingerprint density at radius 3 is 2.39 bits per heavy atom. The molecule has 0 aromatic heterocycles. The van der Waals surface area contributed by atoms with Crippen molar-refractivity contribution in [3.8, 4) is 0 Å². The number of sulfonamides is 1. The largest absolute Gasteiger partial charge is 0.268 e. The SMILES string of the molecule is CS(=O)(=O)N1C(=O)c2ccccc2CC1/C=C/c1ccccc1. The Morgan fingerprint density at radius 1 is 1.04 bits per heavy atom. The van der Waals surface area contributed by atoms with Crippen LogP contribution in [0.25, 0.3) is 6.08 Å². The lowest BCUT2D eigenvalue weighted by molar-refractivity contribution is 0.0824. The summed E-state index contributed by atoms with van der Waals surface area (Å²) in [6.45, 7) is 0. The molecule has 0 N–H and O–H groups in total. The summed E-state index contributed by atoms with van der Waals surface area (Å²) >= 11 is 0. The number of carbonyl (C=O) groups excluding carboxylic acids is 1. The molecule has 0 bridgehead atoms. The number of hydrogen-bond donors (Lipinski definition) is 0. The molecular formula is C18H17NO3S. The third-order valence-corrected chi connectivity index (χ3v) is 5.00. The number of hydrogen-bond acceptors (Lipinski definition) is 3. The van der Waals surface area contributed by atoms with Gasteiger partial charge in [-0.3, -0.25) is 4.79 Å². The first-order valence-electron chi connectivity index (χ1n) is 7.32. The molecule has 0 radical (unpaired) electrons. The van der Waals surface area contributed by atoms with Gasteiger partial charge in [0.15, 0.2) is 0 Å². The summed E-state index contributed by atoms with van der Waals surface area (Å²) in [5.74, 6) is -0.461. The normalized spacial score (nSPS) is 18.2. The fraction of sp³-hybridized carbons (Fsp3) is 0.167. The number of carbonyl (C=O) groups is 1. The molecule has 0 saturated carbocycles. The van der Waals surface area contributed by atoms with E-state index >= 15 is 0 Å². The van der Waals surface area contributed by atoms with Gasteiger partial charge in [-0.1, -0.05) is 60.7 Å². The molecule has 1 amide bonds. The van der Waals surface area contributed by atoms with Gasteiger partial charge in [0, 0.05) is 5.56 Å². The van der Waals surface area contributed by atoms with Crippen LogP contribution in [0.4, 0.5) is 0 Å². The van der Waals surface area contributed by atoms with E-state index in [1.165, 1.54) is 0 Å². The minimum atomic E-state index is -3.64. The second-order valence-electron chi connectivity index (χ2n) is 5.56. The predicted octanol–water partition coefficient (Wildman–Crippen LogP) is 2.73. The van der Waals surface area contributed by atoms with Gasteiger partial charge in [-0.05, 0) is 23.6 Å². The molecule has 1 aliphatic heterocycles. The molecule has 2 aromatic carbocycles. The van der Waals surface area contributed by atoms with Crippen molar-refractivity contribution < 1.29 is 13.2 Å². The molecule has 0 spiro atoms. The van der Waals surface area contributed by atoms with Crippen LogP contribution >= 0.6 is 0 Å². The Bertz CT molecular complexity index is 857. The minimum absolute atomic E-state index is 0.460. The monoisotopic (exact) mass is 327 g/mol. The van der Waals surface area contributed by atoms with Crippen LogP contribution in [-0.2, 0) is 16.4 Å². The summed E-state index contributed by atoms with van der Waals surface area (Å²) in [6.07, 6.45) is 5.19. The summed E-state index contributed by atoms with van der Waals surface area (Å²) in [6, 6.07) is 16.2. The topological polar surface area (TPSA) is 54.5 Å². The highest BCUT2D eigenvalue weighted by Crippen LogP contribution is 2.26. The molecule has 3 rings (SSSR count). The van der Waals surface area contributed by atoms with Crippen molar-refractivity contribution in [1.82, 2.24) is 4.31 Å². The first-order chi connectivity index (χ1) is 11.0. The molecular weight excluding hydrogens is 310 g/mol. The number of nitrogens with zero attached hydrogens (tertiary/aromatic N) is 1. The van der Waals surface area contributed by atoms with Gasteiger partial charge in [0.1, 0.15) is 0 Å². The van der Waals surface area contributed by atoms with Gasteiger partial charge in [-0.15, -0.1) is 0 Å². The maximum atomic E-state index is 12.6. The number of amides is 1. The van der Waals surface area contributed by atoms with Crippen LogP contribution in [0.3, 0.4) is 0 Å². The Balaban J connectivity index is 2.01. The molecule has 0 aliphatic carbocycles. The summed E-state index contributed by atoms with van der Waals surface area (Å²) in [4.78, 5) is 12.6. The Kier molecular flexibility index (Phi) is 4.05. The average Bonchev–Trinajstić information content (AvgIpc) is 2.53. The van der Waals surface area contributed by atoms with Crippen molar-refractivity contribution in [2.24, 2.45) is 0 Å². The summed E-state index contributed by atoms with van der Waals surface area (Å²) < 4.78 is 25.2. The summed E-state index contributed by atoms with van der Waals surface area (Å²) in [5, 5.41) is 0. The van der Waals surface area contributed by atoms with E-state index in [1.54, 1.807) is 18.2 Å². The molecule has 1 heterocycles. The zero-order chi connectivity index (χ0) is 16.4. The van der Waals surface area contributed by atoms with E-state index in [-0.39, 0.29) is 0 Å². The van der Waals surface area contributed by atoms with Crippen LogP contribution < -0.4 is 0 Å². The number of benzene rings is 2. The van der Waals surface area contributed by atoms with Gasteiger partial charge < -0.3 is 0 Å². The fourth-order valence-corrected chi connectivity index (χ4v) is 3.85. The van der Waals surface area contributed by atoms with E-state index in [2.05, 4.69) is 0 Å². The lowest BCUT2D eigenvalue weighted by atomic mass is 9.94. The number of fused-ring (bicyclic) bond motifs is 1. The first-order valence-corrected chi connectivity index (χ1v) is 9.16. The quantitative estimate of drug-likeness (QED) is 0.871. The molecule has 1 unspecified atom stereocenters. The van der Waals surface area contributed by atoms with Crippen molar-refractivity contribution in [1.29, 1.82) is 0 Å². The highest BCUT2D eigenvalue weighted by molar-refractivity contribution is 7.89. The fourth-order valence-electron chi connectivity index (χ4n) is 2.81. The number of rotatable bonds is 3. The second kappa shape index (κ2) is 6.01. The van der Waals surface area contributed by atoms with E-state index in [4.69, 9.17) is 0 Å². The minimum Gasteiger partial charge on any atom is -0.268 e. The van der Waals surface area contributed by atoms with Gasteiger partial charge in [0.05, 0.1) is 12.3 Å². The molecule has 118 valence electrons.